The second kappa shape index (κ2) is 4.52. The van der Waals surface area contributed by atoms with Gasteiger partial charge in [-0.2, -0.15) is 0 Å². The van der Waals surface area contributed by atoms with Crippen molar-refractivity contribution >= 4 is 17.5 Å². The number of hydrogen-bond donors (Lipinski definition) is 0. The SMILES string of the molecule is O=C(CCCl)N1CC[C@@H]2CCCC[C@@H]21. The van der Waals surface area contributed by atoms with E-state index in [0.717, 1.165) is 12.5 Å². The number of rotatable bonds is 2. The summed E-state index contributed by atoms with van der Waals surface area (Å²) in [6, 6.07) is 0.555. The van der Waals surface area contributed by atoms with Gasteiger partial charge in [-0.25, -0.2) is 0 Å². The molecular weight excluding hydrogens is 198 g/mol. The standard InChI is InChI=1S/C11H18ClNO/c12-7-5-11(14)13-8-6-9-3-1-2-4-10(9)13/h9-10H,1-8H2/t9-,10-/m0/s1. The van der Waals surface area contributed by atoms with Gasteiger partial charge in [0.05, 0.1) is 0 Å². The van der Waals surface area contributed by atoms with Crippen LogP contribution >= 0.6 is 11.6 Å². The Labute approximate surface area is 90.6 Å². The minimum atomic E-state index is 0.273. The van der Waals surface area contributed by atoms with E-state index in [1.54, 1.807) is 0 Å². The summed E-state index contributed by atoms with van der Waals surface area (Å²) in [4.78, 5) is 13.8. The molecule has 1 aliphatic heterocycles. The minimum absolute atomic E-state index is 0.273. The van der Waals surface area contributed by atoms with Crippen LogP contribution in [0.3, 0.4) is 0 Å². The van der Waals surface area contributed by atoms with Crippen molar-refractivity contribution in [1.29, 1.82) is 0 Å². The summed E-state index contributed by atoms with van der Waals surface area (Å²) >= 11 is 5.60. The van der Waals surface area contributed by atoms with Crippen molar-refractivity contribution in [3.05, 3.63) is 0 Å². The van der Waals surface area contributed by atoms with Gasteiger partial charge in [0, 0.05) is 24.9 Å². The maximum atomic E-state index is 11.7. The molecule has 1 saturated carbocycles. The van der Waals surface area contributed by atoms with Gasteiger partial charge in [-0.05, 0) is 25.2 Å². The Hall–Kier alpha value is -0.240. The van der Waals surface area contributed by atoms with Crippen LogP contribution in [0.5, 0.6) is 0 Å². The lowest BCUT2D eigenvalue weighted by molar-refractivity contribution is -0.132. The highest BCUT2D eigenvalue weighted by atomic mass is 35.5. The van der Waals surface area contributed by atoms with E-state index in [9.17, 15) is 4.79 Å². The van der Waals surface area contributed by atoms with Crippen LogP contribution in [-0.2, 0) is 4.79 Å². The first-order valence-corrected chi connectivity index (χ1v) is 6.22. The Balaban J connectivity index is 1.96. The summed E-state index contributed by atoms with van der Waals surface area (Å²) in [6.07, 6.45) is 6.95. The molecule has 1 amide bonds. The normalized spacial score (nSPS) is 31.6. The molecule has 2 aliphatic rings. The van der Waals surface area contributed by atoms with Crippen LogP contribution in [0.4, 0.5) is 0 Å². The van der Waals surface area contributed by atoms with Gasteiger partial charge in [0.1, 0.15) is 0 Å². The Morgan fingerprint density at radius 3 is 2.86 bits per heavy atom. The highest BCUT2D eigenvalue weighted by Crippen LogP contribution is 2.36. The molecule has 1 aliphatic carbocycles. The summed E-state index contributed by atoms with van der Waals surface area (Å²) in [5.41, 5.74) is 0. The quantitative estimate of drug-likeness (QED) is 0.648. The highest BCUT2D eigenvalue weighted by Gasteiger charge is 2.37. The van der Waals surface area contributed by atoms with E-state index >= 15 is 0 Å². The lowest BCUT2D eigenvalue weighted by atomic mass is 9.85. The molecule has 1 heterocycles. The van der Waals surface area contributed by atoms with E-state index in [-0.39, 0.29) is 5.91 Å². The topological polar surface area (TPSA) is 20.3 Å². The molecule has 0 N–H and O–H groups in total. The molecule has 0 aromatic heterocycles. The average Bonchev–Trinajstić information content (AvgIpc) is 2.61. The summed E-state index contributed by atoms with van der Waals surface area (Å²) in [6.45, 7) is 0.977. The highest BCUT2D eigenvalue weighted by molar-refractivity contribution is 6.18. The molecular formula is C11H18ClNO. The van der Waals surface area contributed by atoms with E-state index in [2.05, 4.69) is 4.90 Å². The third-order valence-corrected chi connectivity index (χ3v) is 3.83. The maximum Gasteiger partial charge on any atom is 0.224 e. The first kappa shape index (κ1) is 10.3. The Morgan fingerprint density at radius 1 is 1.29 bits per heavy atom. The number of alkyl halides is 1. The lowest BCUT2D eigenvalue weighted by Gasteiger charge is -2.31. The van der Waals surface area contributed by atoms with Crippen LogP contribution in [0.25, 0.3) is 0 Å². The molecule has 2 rings (SSSR count). The predicted molar refractivity (Wildman–Crippen MR) is 57.4 cm³/mol. The molecule has 0 bridgehead atoms. The fraction of sp³-hybridized carbons (Fsp3) is 0.909. The maximum absolute atomic E-state index is 11.7. The first-order valence-electron chi connectivity index (χ1n) is 5.68. The number of halogens is 1. The van der Waals surface area contributed by atoms with Gasteiger partial charge >= 0.3 is 0 Å². The summed E-state index contributed by atoms with van der Waals surface area (Å²) < 4.78 is 0. The molecule has 1 saturated heterocycles. The molecule has 0 radical (unpaired) electrons. The van der Waals surface area contributed by atoms with Crippen molar-refractivity contribution in [2.24, 2.45) is 5.92 Å². The molecule has 0 aromatic rings. The number of nitrogens with zero attached hydrogens (tertiary/aromatic N) is 1. The second-order valence-corrected chi connectivity index (χ2v) is 4.80. The number of hydrogen-bond acceptors (Lipinski definition) is 1. The van der Waals surface area contributed by atoms with Gasteiger partial charge in [-0.1, -0.05) is 12.8 Å². The van der Waals surface area contributed by atoms with Crippen LogP contribution in [0.1, 0.15) is 38.5 Å². The van der Waals surface area contributed by atoms with E-state index in [1.807, 2.05) is 0 Å². The zero-order valence-electron chi connectivity index (χ0n) is 8.54. The summed E-state index contributed by atoms with van der Waals surface area (Å²) in [5, 5.41) is 0. The third kappa shape index (κ3) is 1.90. The molecule has 2 nitrogen and oxygen atoms in total. The Bertz CT molecular complexity index is 219. The molecule has 14 heavy (non-hydrogen) atoms. The molecule has 3 heteroatoms. The van der Waals surface area contributed by atoms with Crippen molar-refractivity contribution in [2.75, 3.05) is 12.4 Å². The molecule has 0 spiro atoms. The lowest BCUT2D eigenvalue weighted by Crippen LogP contribution is -2.39. The van der Waals surface area contributed by atoms with Crippen molar-refractivity contribution in [3.8, 4) is 0 Å². The molecule has 0 unspecified atom stereocenters. The van der Waals surface area contributed by atoms with Crippen LogP contribution in [0.15, 0.2) is 0 Å². The Morgan fingerprint density at radius 2 is 2.07 bits per heavy atom. The van der Waals surface area contributed by atoms with Crippen molar-refractivity contribution in [1.82, 2.24) is 4.90 Å². The van der Waals surface area contributed by atoms with E-state index in [0.29, 0.717) is 18.3 Å². The number of amides is 1. The molecule has 80 valence electrons. The van der Waals surface area contributed by atoms with Gasteiger partial charge in [0.25, 0.3) is 0 Å². The number of carbonyl (C=O) groups is 1. The van der Waals surface area contributed by atoms with E-state index in [1.165, 1.54) is 32.1 Å². The van der Waals surface area contributed by atoms with E-state index < -0.39 is 0 Å². The van der Waals surface area contributed by atoms with Crippen LogP contribution in [-0.4, -0.2) is 29.3 Å². The Kier molecular flexibility index (Phi) is 3.32. The van der Waals surface area contributed by atoms with Crippen molar-refractivity contribution in [2.45, 2.75) is 44.6 Å². The first-order chi connectivity index (χ1) is 6.83. The number of likely N-dealkylation sites (tertiary alicyclic amines) is 1. The zero-order chi connectivity index (χ0) is 9.97. The smallest absolute Gasteiger partial charge is 0.224 e. The summed E-state index contributed by atoms with van der Waals surface area (Å²) in [5.74, 6) is 1.53. The molecule has 0 aromatic carbocycles. The van der Waals surface area contributed by atoms with Crippen LogP contribution in [0, 0.1) is 5.92 Å². The predicted octanol–water partition coefficient (Wildman–Crippen LogP) is 2.41. The molecule has 2 fully saturated rings. The van der Waals surface area contributed by atoms with Gasteiger partial charge in [0.15, 0.2) is 0 Å². The van der Waals surface area contributed by atoms with Gasteiger partial charge in [-0.15, -0.1) is 11.6 Å². The fourth-order valence-corrected chi connectivity index (χ4v) is 3.10. The largest absolute Gasteiger partial charge is 0.339 e. The average molecular weight is 216 g/mol. The zero-order valence-corrected chi connectivity index (χ0v) is 9.30. The van der Waals surface area contributed by atoms with Crippen LogP contribution < -0.4 is 0 Å². The van der Waals surface area contributed by atoms with Crippen molar-refractivity contribution in [3.63, 3.8) is 0 Å². The number of carbonyl (C=O) groups excluding carboxylic acids is 1. The van der Waals surface area contributed by atoms with Gasteiger partial charge in [-0.3, -0.25) is 4.79 Å². The second-order valence-electron chi connectivity index (χ2n) is 4.43. The summed E-state index contributed by atoms with van der Waals surface area (Å²) in [7, 11) is 0. The molecule has 2 atom stereocenters. The van der Waals surface area contributed by atoms with Crippen molar-refractivity contribution < 1.29 is 4.79 Å². The fourth-order valence-electron chi connectivity index (χ4n) is 2.94. The van der Waals surface area contributed by atoms with Gasteiger partial charge in [0.2, 0.25) is 5.91 Å². The van der Waals surface area contributed by atoms with E-state index in [4.69, 9.17) is 11.6 Å². The van der Waals surface area contributed by atoms with Crippen LogP contribution in [0.2, 0.25) is 0 Å². The van der Waals surface area contributed by atoms with Gasteiger partial charge < -0.3 is 4.90 Å². The monoisotopic (exact) mass is 215 g/mol. The minimum Gasteiger partial charge on any atom is -0.339 e. The number of fused-ring (bicyclic) bond motifs is 1. The third-order valence-electron chi connectivity index (χ3n) is 3.64.